The standard InChI is InChI=1S/C19H27ClF2N4O2S.HI/c1-23-18(24-11-14-10-15(20)2-3-16(14)28-17(21)22)25-12-19(4-9-29-13-19)26-5-7-27-8-6-26;/h2-3,10,17H,4-9,11-13H2,1H3,(H2,23,24,25);1H. The van der Waals surface area contributed by atoms with E-state index < -0.39 is 6.61 Å². The summed E-state index contributed by atoms with van der Waals surface area (Å²) in [4.78, 5) is 6.79. The highest BCUT2D eigenvalue weighted by Crippen LogP contribution is 2.33. The predicted molar refractivity (Wildman–Crippen MR) is 129 cm³/mol. The number of benzene rings is 1. The largest absolute Gasteiger partial charge is 0.434 e. The van der Waals surface area contributed by atoms with E-state index in [1.807, 2.05) is 11.8 Å². The maximum Gasteiger partial charge on any atom is 0.387 e. The zero-order valence-electron chi connectivity index (χ0n) is 16.8. The molecule has 0 radical (unpaired) electrons. The number of halogens is 4. The molecule has 2 fully saturated rings. The van der Waals surface area contributed by atoms with Gasteiger partial charge in [0.15, 0.2) is 5.96 Å². The first-order valence-electron chi connectivity index (χ1n) is 9.61. The molecule has 2 aliphatic heterocycles. The zero-order chi connectivity index (χ0) is 20.7. The van der Waals surface area contributed by atoms with Crippen LogP contribution in [0.25, 0.3) is 0 Å². The third kappa shape index (κ3) is 6.98. The van der Waals surface area contributed by atoms with Crippen molar-refractivity contribution in [3.05, 3.63) is 28.8 Å². The van der Waals surface area contributed by atoms with E-state index in [-0.39, 0.29) is 41.8 Å². The number of rotatable bonds is 7. The Morgan fingerprint density at radius 1 is 1.37 bits per heavy atom. The van der Waals surface area contributed by atoms with Crippen LogP contribution in [0, 0.1) is 0 Å². The Kier molecular flexibility index (Phi) is 10.7. The average Bonchev–Trinajstić information content (AvgIpc) is 3.20. The molecular weight excluding hydrogens is 549 g/mol. The second kappa shape index (κ2) is 12.5. The summed E-state index contributed by atoms with van der Waals surface area (Å²) < 4.78 is 35.4. The van der Waals surface area contributed by atoms with Gasteiger partial charge in [0.05, 0.1) is 13.2 Å². The van der Waals surface area contributed by atoms with Crippen LogP contribution < -0.4 is 15.4 Å². The second-order valence-electron chi connectivity index (χ2n) is 7.04. The molecule has 11 heteroatoms. The van der Waals surface area contributed by atoms with E-state index in [0.29, 0.717) is 16.5 Å². The fourth-order valence-electron chi connectivity index (χ4n) is 3.68. The predicted octanol–water partition coefficient (Wildman–Crippen LogP) is 3.43. The molecule has 0 saturated carbocycles. The van der Waals surface area contributed by atoms with Gasteiger partial charge in [0.25, 0.3) is 0 Å². The molecule has 0 aliphatic carbocycles. The van der Waals surface area contributed by atoms with Gasteiger partial charge in [0, 0.05) is 55.1 Å². The van der Waals surface area contributed by atoms with Crippen LogP contribution in [0.1, 0.15) is 12.0 Å². The smallest absolute Gasteiger partial charge is 0.387 e. The minimum absolute atomic E-state index is 0. The van der Waals surface area contributed by atoms with E-state index in [0.717, 1.165) is 50.8 Å². The number of morpholine rings is 1. The zero-order valence-corrected chi connectivity index (χ0v) is 20.7. The third-order valence-electron chi connectivity index (χ3n) is 5.26. The van der Waals surface area contributed by atoms with Crippen molar-refractivity contribution < 1.29 is 18.3 Å². The molecule has 6 nitrogen and oxygen atoms in total. The van der Waals surface area contributed by atoms with Gasteiger partial charge in [-0.3, -0.25) is 9.89 Å². The molecule has 3 rings (SSSR count). The van der Waals surface area contributed by atoms with Gasteiger partial charge in [-0.15, -0.1) is 24.0 Å². The molecule has 0 aromatic heterocycles. The average molecular weight is 577 g/mol. The Morgan fingerprint density at radius 2 is 2.13 bits per heavy atom. The van der Waals surface area contributed by atoms with E-state index in [2.05, 4.69) is 25.3 Å². The van der Waals surface area contributed by atoms with Crippen molar-refractivity contribution in [2.45, 2.75) is 25.1 Å². The number of hydrogen-bond acceptors (Lipinski definition) is 5. The summed E-state index contributed by atoms with van der Waals surface area (Å²) in [6, 6.07) is 4.59. The van der Waals surface area contributed by atoms with Gasteiger partial charge in [-0.2, -0.15) is 20.5 Å². The quantitative estimate of drug-likeness (QED) is 0.295. The number of alkyl halides is 2. The van der Waals surface area contributed by atoms with Gasteiger partial charge < -0.3 is 20.1 Å². The third-order valence-corrected chi connectivity index (χ3v) is 6.73. The van der Waals surface area contributed by atoms with E-state index in [4.69, 9.17) is 16.3 Å². The Hall–Kier alpha value is -0.560. The molecule has 0 amide bonds. The van der Waals surface area contributed by atoms with Crippen molar-refractivity contribution in [2.75, 3.05) is 51.4 Å². The first kappa shape index (κ1) is 25.7. The summed E-state index contributed by atoms with van der Waals surface area (Å²) in [5.41, 5.74) is 0.617. The van der Waals surface area contributed by atoms with Gasteiger partial charge in [0.1, 0.15) is 5.75 Å². The highest BCUT2D eigenvalue weighted by Gasteiger charge is 2.40. The molecule has 2 aliphatic rings. The molecule has 0 bridgehead atoms. The molecular formula is C19H28ClF2IN4O2S. The molecule has 2 heterocycles. The molecule has 30 heavy (non-hydrogen) atoms. The molecule has 1 aromatic rings. The molecule has 2 N–H and O–H groups in total. The van der Waals surface area contributed by atoms with Crippen molar-refractivity contribution in [1.29, 1.82) is 0 Å². The lowest BCUT2D eigenvalue weighted by Gasteiger charge is -2.43. The van der Waals surface area contributed by atoms with Crippen molar-refractivity contribution in [3.63, 3.8) is 0 Å². The van der Waals surface area contributed by atoms with Gasteiger partial charge in [-0.1, -0.05) is 11.6 Å². The Morgan fingerprint density at radius 3 is 2.77 bits per heavy atom. The summed E-state index contributed by atoms with van der Waals surface area (Å²) in [5, 5.41) is 7.05. The van der Waals surface area contributed by atoms with Crippen LogP contribution >= 0.6 is 47.3 Å². The molecule has 1 atom stereocenters. The van der Waals surface area contributed by atoms with Crippen molar-refractivity contribution >= 4 is 53.3 Å². The number of ether oxygens (including phenoxy) is 2. The van der Waals surface area contributed by atoms with Crippen LogP contribution in [-0.2, 0) is 11.3 Å². The summed E-state index contributed by atoms with van der Waals surface area (Å²) in [6.07, 6.45) is 1.11. The van der Waals surface area contributed by atoms with Gasteiger partial charge >= 0.3 is 6.61 Å². The first-order chi connectivity index (χ1) is 14.0. The van der Waals surface area contributed by atoms with E-state index >= 15 is 0 Å². The number of nitrogens with zero attached hydrogens (tertiary/aromatic N) is 2. The van der Waals surface area contributed by atoms with Crippen LogP contribution in [0.15, 0.2) is 23.2 Å². The van der Waals surface area contributed by atoms with Crippen LogP contribution in [0.2, 0.25) is 5.02 Å². The highest BCUT2D eigenvalue weighted by atomic mass is 127. The van der Waals surface area contributed by atoms with Gasteiger partial charge in [0.2, 0.25) is 0 Å². The number of hydrogen-bond donors (Lipinski definition) is 2. The molecule has 1 aromatic carbocycles. The summed E-state index contributed by atoms with van der Waals surface area (Å²) in [6.45, 7) is 1.54. The summed E-state index contributed by atoms with van der Waals surface area (Å²) >= 11 is 7.99. The fraction of sp³-hybridized carbons (Fsp3) is 0.632. The van der Waals surface area contributed by atoms with E-state index in [1.165, 1.54) is 12.1 Å². The Bertz CT molecular complexity index is 705. The van der Waals surface area contributed by atoms with Crippen LogP contribution in [0.5, 0.6) is 5.75 Å². The number of nitrogens with one attached hydrogen (secondary N) is 2. The molecule has 2 saturated heterocycles. The Labute approximate surface area is 202 Å². The fourth-order valence-corrected chi connectivity index (χ4v) is 5.35. The minimum atomic E-state index is -2.89. The first-order valence-corrected chi connectivity index (χ1v) is 11.1. The number of aliphatic imine (C=N–C) groups is 1. The van der Waals surface area contributed by atoms with E-state index in [1.54, 1.807) is 13.1 Å². The molecule has 1 unspecified atom stereocenters. The molecule has 170 valence electrons. The van der Waals surface area contributed by atoms with Crippen LogP contribution in [0.4, 0.5) is 8.78 Å². The maximum absolute atomic E-state index is 12.7. The SMILES string of the molecule is CN=C(NCc1cc(Cl)ccc1OC(F)F)NCC1(N2CCOCC2)CCSC1.I. The lowest BCUT2D eigenvalue weighted by atomic mass is 9.95. The van der Waals surface area contributed by atoms with Crippen molar-refractivity contribution in [2.24, 2.45) is 4.99 Å². The van der Waals surface area contributed by atoms with E-state index in [9.17, 15) is 8.78 Å². The lowest BCUT2D eigenvalue weighted by molar-refractivity contribution is -0.0504. The van der Waals surface area contributed by atoms with Gasteiger partial charge in [-0.05, 0) is 30.4 Å². The number of guanidine groups is 1. The van der Waals surface area contributed by atoms with Crippen LogP contribution in [0.3, 0.4) is 0 Å². The minimum Gasteiger partial charge on any atom is -0.434 e. The normalized spacial score (nSPS) is 22.6. The highest BCUT2D eigenvalue weighted by molar-refractivity contribution is 14.0. The summed E-state index contributed by atoms with van der Waals surface area (Å²) in [7, 11) is 1.69. The second-order valence-corrected chi connectivity index (χ2v) is 8.58. The maximum atomic E-state index is 12.7. The van der Waals surface area contributed by atoms with Crippen molar-refractivity contribution in [3.8, 4) is 5.75 Å². The number of thioether (sulfide) groups is 1. The van der Waals surface area contributed by atoms with Gasteiger partial charge in [-0.25, -0.2) is 0 Å². The molecule has 0 spiro atoms. The van der Waals surface area contributed by atoms with Crippen LogP contribution in [-0.4, -0.2) is 74.4 Å². The lowest BCUT2D eigenvalue weighted by Crippen LogP contribution is -2.60. The summed E-state index contributed by atoms with van der Waals surface area (Å²) in [5.74, 6) is 2.92. The monoisotopic (exact) mass is 576 g/mol. The van der Waals surface area contributed by atoms with Crippen molar-refractivity contribution in [1.82, 2.24) is 15.5 Å². The Balaban J connectivity index is 0.00000320. The topological polar surface area (TPSA) is 58.1 Å².